The van der Waals surface area contributed by atoms with Crippen molar-refractivity contribution < 1.29 is 4.48 Å². The molecular weight excluding hydrogens is 428 g/mol. The van der Waals surface area contributed by atoms with Gasteiger partial charge in [-0.3, -0.25) is 0 Å². The number of aromatic nitrogens is 1. The van der Waals surface area contributed by atoms with Crippen molar-refractivity contribution in [1.29, 1.82) is 0 Å². The Morgan fingerprint density at radius 3 is 1.83 bits per heavy atom. The van der Waals surface area contributed by atoms with Crippen LogP contribution in [0.3, 0.4) is 0 Å². The minimum Gasteiger partial charge on any atom is -0.340 e. The highest BCUT2D eigenvalue weighted by Gasteiger charge is 2.11. The van der Waals surface area contributed by atoms with Crippen molar-refractivity contribution in [3.63, 3.8) is 0 Å². The molecule has 0 unspecified atom stereocenters. The van der Waals surface area contributed by atoms with Gasteiger partial charge in [0.15, 0.2) is 0 Å². The normalized spacial score (nSPS) is 12.4. The molecule has 4 heteroatoms. The molecule has 0 spiro atoms. The Hall–Kier alpha value is -0.840. The van der Waals surface area contributed by atoms with Gasteiger partial charge in [-0.25, -0.2) is 0 Å². The Bertz CT molecular complexity index is 800. The minimum atomic E-state index is 1.05. The fourth-order valence-corrected chi connectivity index (χ4v) is 4.04. The predicted molar refractivity (Wildman–Crippen MR) is 112 cm³/mol. The summed E-state index contributed by atoms with van der Waals surface area (Å²) in [5.74, 6) is 0. The maximum atomic E-state index is 3.61. The van der Waals surface area contributed by atoms with E-state index in [4.69, 9.17) is 0 Å². The lowest BCUT2D eigenvalue weighted by Gasteiger charge is -2.23. The van der Waals surface area contributed by atoms with E-state index < -0.39 is 0 Å². The Morgan fingerprint density at radius 1 is 0.792 bits per heavy atom. The average molecular weight is 453 g/mol. The molecule has 2 nitrogen and oxygen atoms in total. The zero-order chi connectivity index (χ0) is 17.3. The molecule has 0 atom stereocenters. The second-order valence-electron chi connectivity index (χ2n) is 7.55. The van der Waals surface area contributed by atoms with E-state index in [2.05, 4.69) is 94.0 Å². The van der Waals surface area contributed by atoms with E-state index in [-0.39, 0.29) is 0 Å². The molecule has 128 valence electrons. The van der Waals surface area contributed by atoms with E-state index in [0.29, 0.717) is 0 Å². The molecule has 0 saturated heterocycles. The molecule has 0 radical (unpaired) electrons. The summed E-state index contributed by atoms with van der Waals surface area (Å²) >= 11 is 7.23. The van der Waals surface area contributed by atoms with E-state index >= 15 is 0 Å². The molecule has 0 bridgehead atoms. The summed E-state index contributed by atoms with van der Waals surface area (Å²) in [6.45, 7) is 2.33. The van der Waals surface area contributed by atoms with Crippen LogP contribution >= 0.6 is 31.9 Å². The minimum absolute atomic E-state index is 1.05. The lowest BCUT2D eigenvalue weighted by atomic mass is 10.2. The van der Waals surface area contributed by atoms with Crippen molar-refractivity contribution in [1.82, 2.24) is 4.57 Å². The van der Waals surface area contributed by atoms with Crippen LogP contribution in [0.25, 0.3) is 21.8 Å². The molecule has 1 heterocycles. The third-order valence-corrected chi connectivity index (χ3v) is 5.49. The Kier molecular flexibility index (Phi) is 5.38. The molecule has 0 saturated carbocycles. The van der Waals surface area contributed by atoms with Gasteiger partial charge < -0.3 is 9.05 Å². The Balaban J connectivity index is 1.86. The van der Waals surface area contributed by atoms with Crippen LogP contribution in [0.4, 0.5) is 0 Å². The summed E-state index contributed by atoms with van der Waals surface area (Å²) in [6.07, 6.45) is 3.80. The van der Waals surface area contributed by atoms with Crippen LogP contribution in [0.2, 0.25) is 0 Å². The smallest absolute Gasteiger partial charge is 0.0780 e. The van der Waals surface area contributed by atoms with E-state index in [1.165, 1.54) is 47.6 Å². The maximum Gasteiger partial charge on any atom is 0.0780 e. The van der Waals surface area contributed by atoms with Gasteiger partial charge in [-0.2, -0.15) is 0 Å². The van der Waals surface area contributed by atoms with Crippen molar-refractivity contribution in [2.24, 2.45) is 0 Å². The van der Waals surface area contributed by atoms with Gasteiger partial charge >= 0.3 is 0 Å². The third kappa shape index (κ3) is 4.04. The van der Waals surface area contributed by atoms with Crippen LogP contribution in [0.1, 0.15) is 19.3 Å². The zero-order valence-corrected chi connectivity index (χ0v) is 17.8. The van der Waals surface area contributed by atoms with Crippen LogP contribution < -0.4 is 0 Å². The fraction of sp³-hybridized carbons (Fsp3) is 0.400. The molecule has 1 aromatic heterocycles. The number of hydrogen-bond acceptors (Lipinski definition) is 0. The van der Waals surface area contributed by atoms with Crippen molar-refractivity contribution in [3.8, 4) is 0 Å². The number of aryl methyl sites for hydroxylation is 1. The van der Waals surface area contributed by atoms with Gasteiger partial charge in [-0.1, -0.05) is 31.9 Å². The SMILES string of the molecule is C[N+](C)(C)CCCCCn1c2ccc(Br)cc2c2cc(Br)ccc21. The molecule has 0 fully saturated rings. The molecule has 3 aromatic rings. The summed E-state index contributed by atoms with van der Waals surface area (Å²) in [5.41, 5.74) is 2.66. The van der Waals surface area contributed by atoms with Crippen LogP contribution in [-0.4, -0.2) is 36.7 Å². The van der Waals surface area contributed by atoms with E-state index in [1.807, 2.05) is 0 Å². The Morgan fingerprint density at radius 2 is 1.33 bits per heavy atom. The van der Waals surface area contributed by atoms with Crippen molar-refractivity contribution in [2.75, 3.05) is 27.7 Å². The number of fused-ring (bicyclic) bond motifs is 3. The van der Waals surface area contributed by atoms with Gasteiger partial charge in [0.05, 0.1) is 27.7 Å². The summed E-state index contributed by atoms with van der Waals surface area (Å²) in [5, 5.41) is 2.65. The highest BCUT2D eigenvalue weighted by Crippen LogP contribution is 2.33. The summed E-state index contributed by atoms with van der Waals surface area (Å²) in [6, 6.07) is 13.2. The van der Waals surface area contributed by atoms with Gasteiger partial charge in [-0.05, 0) is 55.7 Å². The number of nitrogens with zero attached hydrogens (tertiary/aromatic N) is 2. The molecule has 0 aliphatic carbocycles. The number of rotatable bonds is 6. The first-order valence-corrected chi connectivity index (χ1v) is 10.1. The van der Waals surface area contributed by atoms with Gasteiger partial charge in [0, 0.05) is 37.3 Å². The van der Waals surface area contributed by atoms with Gasteiger partial charge in [0.25, 0.3) is 0 Å². The summed E-state index contributed by atoms with van der Waals surface area (Å²) < 4.78 is 5.81. The first kappa shape index (κ1) is 18.0. The quantitative estimate of drug-likeness (QED) is 0.310. The number of quaternary nitrogens is 1. The molecule has 0 amide bonds. The predicted octanol–water partition coefficient (Wildman–Crippen LogP) is 6.20. The van der Waals surface area contributed by atoms with Crippen molar-refractivity contribution in [2.45, 2.75) is 25.8 Å². The van der Waals surface area contributed by atoms with Crippen LogP contribution in [0.15, 0.2) is 45.3 Å². The third-order valence-electron chi connectivity index (χ3n) is 4.50. The lowest BCUT2D eigenvalue weighted by Crippen LogP contribution is -2.35. The number of benzene rings is 2. The van der Waals surface area contributed by atoms with E-state index in [9.17, 15) is 0 Å². The zero-order valence-electron chi connectivity index (χ0n) is 14.6. The second kappa shape index (κ2) is 7.19. The molecule has 2 aromatic carbocycles. The second-order valence-corrected chi connectivity index (χ2v) is 9.38. The largest absolute Gasteiger partial charge is 0.340 e. The maximum absolute atomic E-state index is 3.61. The first-order valence-electron chi connectivity index (χ1n) is 8.53. The van der Waals surface area contributed by atoms with Crippen molar-refractivity contribution in [3.05, 3.63) is 45.3 Å². The monoisotopic (exact) mass is 451 g/mol. The fourth-order valence-electron chi connectivity index (χ4n) is 3.32. The lowest BCUT2D eigenvalue weighted by molar-refractivity contribution is -0.870. The van der Waals surface area contributed by atoms with Crippen LogP contribution in [0.5, 0.6) is 0 Å². The van der Waals surface area contributed by atoms with Crippen molar-refractivity contribution >= 4 is 53.7 Å². The number of unbranched alkanes of at least 4 members (excludes halogenated alkanes) is 2. The summed E-state index contributed by atoms with van der Waals surface area (Å²) in [7, 11) is 6.80. The Labute approximate surface area is 161 Å². The molecule has 3 rings (SSSR count). The average Bonchev–Trinajstić information content (AvgIpc) is 2.79. The topological polar surface area (TPSA) is 4.93 Å². The van der Waals surface area contributed by atoms with Crippen LogP contribution in [0, 0.1) is 0 Å². The number of hydrogen-bond donors (Lipinski definition) is 0. The van der Waals surface area contributed by atoms with Crippen LogP contribution in [-0.2, 0) is 6.54 Å². The molecule has 0 N–H and O–H groups in total. The van der Waals surface area contributed by atoms with Gasteiger partial charge in [0.2, 0.25) is 0 Å². The molecular formula is C20H25Br2N2+. The summed E-state index contributed by atoms with van der Waals surface area (Å²) in [4.78, 5) is 0. The standard InChI is InChI=1S/C20H25Br2N2/c1-24(2,3)12-6-4-5-11-23-19-9-7-15(21)13-17(19)18-14-16(22)8-10-20(18)23/h7-10,13-14H,4-6,11-12H2,1-3H3/q+1. The van der Waals surface area contributed by atoms with Gasteiger partial charge in [-0.15, -0.1) is 0 Å². The molecule has 0 aliphatic rings. The highest BCUT2D eigenvalue weighted by molar-refractivity contribution is 9.10. The molecule has 0 aliphatic heterocycles. The van der Waals surface area contributed by atoms with E-state index in [0.717, 1.165) is 20.0 Å². The van der Waals surface area contributed by atoms with Gasteiger partial charge in [0.1, 0.15) is 0 Å². The number of halogens is 2. The highest BCUT2D eigenvalue weighted by atomic mass is 79.9. The molecule has 24 heavy (non-hydrogen) atoms. The van der Waals surface area contributed by atoms with E-state index in [1.54, 1.807) is 0 Å². The first-order chi connectivity index (χ1) is 11.3.